The average molecular weight is 389 g/mol. The summed E-state index contributed by atoms with van der Waals surface area (Å²) in [6.45, 7) is 14.8. The molecule has 2 aliphatic heterocycles. The highest BCUT2D eigenvalue weighted by Crippen LogP contribution is 2.36. The Labute approximate surface area is 166 Å². The standard InChI is InChI=1S/C22H36N2O2Si/c1-22(2,3)27(4,5)26-15-9-14-23-17-19-12-13-20(21(23)25)24(19)16-18-10-7-6-8-11-18/h6-8,10-11,19-20H,9,12-17H2,1-5H3. The van der Waals surface area contributed by atoms with Crippen LogP contribution < -0.4 is 0 Å². The quantitative estimate of drug-likeness (QED) is 0.516. The van der Waals surface area contributed by atoms with Crippen LogP contribution in [0.3, 0.4) is 0 Å². The van der Waals surface area contributed by atoms with Gasteiger partial charge in [0.25, 0.3) is 0 Å². The molecular formula is C22H36N2O2Si. The van der Waals surface area contributed by atoms with Crippen LogP contribution in [0.2, 0.25) is 18.1 Å². The molecule has 2 fully saturated rings. The van der Waals surface area contributed by atoms with Crippen LogP contribution >= 0.6 is 0 Å². The molecule has 1 aromatic carbocycles. The summed E-state index contributed by atoms with van der Waals surface area (Å²) in [7, 11) is -1.69. The third-order valence-electron chi connectivity index (χ3n) is 6.72. The summed E-state index contributed by atoms with van der Waals surface area (Å²) in [5.41, 5.74) is 1.30. The molecule has 2 heterocycles. The van der Waals surface area contributed by atoms with E-state index in [-0.39, 0.29) is 11.1 Å². The summed E-state index contributed by atoms with van der Waals surface area (Å²) in [6.07, 6.45) is 3.09. The van der Waals surface area contributed by atoms with Crippen molar-refractivity contribution in [1.29, 1.82) is 0 Å². The maximum atomic E-state index is 13.0. The number of benzene rings is 1. The number of rotatable bonds is 7. The normalized spacial score (nSPS) is 23.9. The van der Waals surface area contributed by atoms with E-state index in [2.05, 4.69) is 67.9 Å². The molecule has 0 N–H and O–H groups in total. The van der Waals surface area contributed by atoms with Gasteiger partial charge in [-0.1, -0.05) is 51.1 Å². The van der Waals surface area contributed by atoms with Gasteiger partial charge in [0.15, 0.2) is 8.32 Å². The second-order valence-corrected chi connectivity index (χ2v) is 14.5. The van der Waals surface area contributed by atoms with Gasteiger partial charge in [0.1, 0.15) is 0 Å². The van der Waals surface area contributed by atoms with Crippen molar-refractivity contribution < 1.29 is 9.22 Å². The second-order valence-electron chi connectivity index (χ2n) is 9.65. The summed E-state index contributed by atoms with van der Waals surface area (Å²) in [6, 6.07) is 11.1. The van der Waals surface area contributed by atoms with Crippen LogP contribution in [0.25, 0.3) is 0 Å². The van der Waals surface area contributed by atoms with Gasteiger partial charge in [-0.3, -0.25) is 9.69 Å². The Morgan fingerprint density at radius 3 is 2.52 bits per heavy atom. The van der Waals surface area contributed by atoms with Gasteiger partial charge in [-0.25, -0.2) is 0 Å². The minimum atomic E-state index is -1.69. The van der Waals surface area contributed by atoms with Crippen molar-refractivity contribution in [2.75, 3.05) is 19.7 Å². The molecule has 1 amide bonds. The fourth-order valence-corrected chi connectivity index (χ4v) is 5.07. The van der Waals surface area contributed by atoms with Crippen LogP contribution in [0.5, 0.6) is 0 Å². The summed E-state index contributed by atoms with van der Waals surface area (Å²) in [4.78, 5) is 17.5. The topological polar surface area (TPSA) is 32.8 Å². The van der Waals surface area contributed by atoms with Crippen molar-refractivity contribution in [1.82, 2.24) is 9.80 Å². The lowest BCUT2D eigenvalue weighted by Gasteiger charge is -2.41. The average Bonchev–Trinajstić information content (AvgIpc) is 2.90. The zero-order valence-electron chi connectivity index (χ0n) is 17.7. The molecule has 3 rings (SSSR count). The number of carbonyl (C=O) groups excluding carboxylic acids is 1. The summed E-state index contributed by atoms with van der Waals surface area (Å²) in [5.74, 6) is 0.326. The Morgan fingerprint density at radius 1 is 1.15 bits per heavy atom. The number of amides is 1. The van der Waals surface area contributed by atoms with Crippen LogP contribution in [0.4, 0.5) is 0 Å². The van der Waals surface area contributed by atoms with E-state index >= 15 is 0 Å². The Balaban J connectivity index is 1.50. The van der Waals surface area contributed by atoms with E-state index < -0.39 is 8.32 Å². The summed E-state index contributed by atoms with van der Waals surface area (Å²) >= 11 is 0. The Bertz CT molecular complexity index is 641. The van der Waals surface area contributed by atoms with Crippen molar-refractivity contribution in [3.8, 4) is 0 Å². The predicted octanol–water partition coefficient (Wildman–Crippen LogP) is 4.27. The first-order valence-electron chi connectivity index (χ1n) is 10.4. The molecule has 0 radical (unpaired) electrons. The summed E-state index contributed by atoms with van der Waals surface area (Å²) < 4.78 is 6.28. The van der Waals surface area contributed by atoms with Crippen LogP contribution in [0.1, 0.15) is 45.6 Å². The first-order chi connectivity index (χ1) is 12.7. The maximum absolute atomic E-state index is 13.0. The highest BCUT2D eigenvalue weighted by atomic mass is 28.4. The molecule has 2 unspecified atom stereocenters. The smallest absolute Gasteiger partial charge is 0.240 e. The molecule has 2 saturated heterocycles. The van der Waals surface area contributed by atoms with Gasteiger partial charge in [0.05, 0.1) is 6.04 Å². The number of piperazine rings is 1. The Hall–Kier alpha value is -1.17. The van der Waals surface area contributed by atoms with Crippen LogP contribution in [-0.2, 0) is 15.8 Å². The minimum Gasteiger partial charge on any atom is -0.417 e. The largest absolute Gasteiger partial charge is 0.417 e. The first-order valence-corrected chi connectivity index (χ1v) is 13.3. The zero-order chi connectivity index (χ0) is 19.7. The molecule has 2 atom stereocenters. The molecular weight excluding hydrogens is 352 g/mol. The van der Waals surface area contributed by atoms with Gasteiger partial charge in [-0.05, 0) is 43.0 Å². The van der Waals surface area contributed by atoms with Gasteiger partial charge >= 0.3 is 0 Å². The molecule has 2 aliphatic rings. The fourth-order valence-electron chi connectivity index (χ4n) is 3.99. The van der Waals surface area contributed by atoms with Crippen molar-refractivity contribution in [2.45, 2.75) is 76.8 Å². The third-order valence-corrected chi connectivity index (χ3v) is 11.3. The molecule has 1 aromatic rings. The number of carbonyl (C=O) groups is 1. The number of fused-ring (bicyclic) bond motifs is 2. The van der Waals surface area contributed by atoms with Gasteiger partial charge in [0.2, 0.25) is 5.91 Å². The van der Waals surface area contributed by atoms with Crippen molar-refractivity contribution >= 4 is 14.2 Å². The number of nitrogens with zero attached hydrogens (tertiary/aromatic N) is 2. The SMILES string of the molecule is CC(C)(C)[Si](C)(C)OCCCN1CC2CCC(C1=O)N2Cc1ccccc1. The van der Waals surface area contributed by atoms with E-state index in [1.54, 1.807) is 0 Å². The highest BCUT2D eigenvalue weighted by Gasteiger charge is 2.45. The molecule has 2 bridgehead atoms. The fraction of sp³-hybridized carbons (Fsp3) is 0.682. The molecule has 5 heteroatoms. The molecule has 0 aliphatic carbocycles. The lowest BCUT2D eigenvalue weighted by molar-refractivity contribution is -0.142. The molecule has 0 spiro atoms. The van der Waals surface area contributed by atoms with Gasteiger partial charge in [-0.15, -0.1) is 0 Å². The van der Waals surface area contributed by atoms with E-state index in [0.29, 0.717) is 11.9 Å². The lowest BCUT2D eigenvalue weighted by Crippen LogP contribution is -2.57. The molecule has 27 heavy (non-hydrogen) atoms. The lowest BCUT2D eigenvalue weighted by atomic mass is 10.1. The summed E-state index contributed by atoms with van der Waals surface area (Å²) in [5, 5.41) is 0.241. The van der Waals surface area contributed by atoms with Crippen molar-refractivity contribution in [3.05, 3.63) is 35.9 Å². The number of hydrogen-bond acceptors (Lipinski definition) is 3. The van der Waals surface area contributed by atoms with Gasteiger partial charge < -0.3 is 9.33 Å². The second kappa shape index (κ2) is 8.06. The van der Waals surface area contributed by atoms with Gasteiger partial charge in [0, 0.05) is 32.3 Å². The molecule has 4 nitrogen and oxygen atoms in total. The Kier molecular flexibility index (Phi) is 6.13. The number of hydrogen-bond donors (Lipinski definition) is 0. The third kappa shape index (κ3) is 4.64. The number of likely N-dealkylation sites (tertiary alicyclic amines) is 1. The maximum Gasteiger partial charge on any atom is 0.240 e. The van der Waals surface area contributed by atoms with Crippen LogP contribution in [0.15, 0.2) is 30.3 Å². The molecule has 0 saturated carbocycles. The van der Waals surface area contributed by atoms with E-state index in [1.807, 2.05) is 6.07 Å². The van der Waals surface area contributed by atoms with Crippen molar-refractivity contribution in [2.24, 2.45) is 0 Å². The van der Waals surface area contributed by atoms with Crippen LogP contribution in [0, 0.1) is 0 Å². The molecule has 150 valence electrons. The van der Waals surface area contributed by atoms with Crippen LogP contribution in [-0.4, -0.2) is 55.8 Å². The predicted molar refractivity (Wildman–Crippen MR) is 113 cm³/mol. The van der Waals surface area contributed by atoms with E-state index in [0.717, 1.165) is 45.5 Å². The van der Waals surface area contributed by atoms with Crippen molar-refractivity contribution in [3.63, 3.8) is 0 Å². The zero-order valence-corrected chi connectivity index (χ0v) is 18.7. The van der Waals surface area contributed by atoms with Gasteiger partial charge in [-0.2, -0.15) is 0 Å². The monoisotopic (exact) mass is 388 g/mol. The molecule has 0 aromatic heterocycles. The minimum absolute atomic E-state index is 0.0743. The highest BCUT2D eigenvalue weighted by molar-refractivity contribution is 6.74. The van der Waals surface area contributed by atoms with E-state index in [1.165, 1.54) is 5.56 Å². The Morgan fingerprint density at radius 2 is 1.85 bits per heavy atom. The van der Waals surface area contributed by atoms with E-state index in [4.69, 9.17) is 4.43 Å². The first kappa shape index (κ1) is 20.6. The van der Waals surface area contributed by atoms with E-state index in [9.17, 15) is 4.79 Å².